The molecule has 0 aliphatic heterocycles. The molecule has 0 saturated heterocycles. The maximum atomic E-state index is 14.6. The summed E-state index contributed by atoms with van der Waals surface area (Å²) in [6, 6.07) is 13.9. The summed E-state index contributed by atoms with van der Waals surface area (Å²) in [5.74, 6) is -0.510. The number of unbranched alkanes of at least 4 members (excludes halogenated alkanes) is 3. The van der Waals surface area contributed by atoms with Crippen LogP contribution < -0.4 is 10.6 Å². The standard InChI is InChI=1S/C35H53N3O4/c1-9-11-12-16-20-38(31(32(39)36-27(5)17-10-2)29-22-25(3)21-26(4)23-29)33(40)30(24-28-18-14-13-15-19-28)37-34(41)42-35(6,7)8/h13-15,18-19,21-23,27,30-31H,9-12,16-17,20,24H2,1-8H3,(H,36,39)(H,37,41). The zero-order valence-corrected chi connectivity index (χ0v) is 27.1. The number of alkyl carbamates (subject to hydrolysis) is 1. The number of aryl methyl sites for hydroxylation is 2. The van der Waals surface area contributed by atoms with Gasteiger partial charge in [0.1, 0.15) is 17.7 Å². The number of ether oxygens (including phenoxy) is 1. The predicted molar refractivity (Wildman–Crippen MR) is 170 cm³/mol. The maximum absolute atomic E-state index is 14.6. The minimum atomic E-state index is -0.914. The number of rotatable bonds is 15. The third-order valence-corrected chi connectivity index (χ3v) is 7.04. The normalized spacial score (nSPS) is 13.5. The molecule has 0 fully saturated rings. The van der Waals surface area contributed by atoms with Crippen molar-refractivity contribution in [3.63, 3.8) is 0 Å². The van der Waals surface area contributed by atoms with Crippen molar-refractivity contribution < 1.29 is 19.1 Å². The van der Waals surface area contributed by atoms with Crippen LogP contribution in [-0.4, -0.2) is 47.0 Å². The molecule has 0 heterocycles. The molecule has 3 unspecified atom stereocenters. The molecule has 0 aliphatic carbocycles. The first-order valence-electron chi connectivity index (χ1n) is 15.6. The van der Waals surface area contributed by atoms with Gasteiger partial charge >= 0.3 is 6.09 Å². The minimum absolute atomic E-state index is 0.0343. The molecule has 232 valence electrons. The average Bonchev–Trinajstić information content (AvgIpc) is 2.88. The van der Waals surface area contributed by atoms with Crippen LogP contribution in [0.2, 0.25) is 0 Å². The Morgan fingerprint density at radius 2 is 1.52 bits per heavy atom. The predicted octanol–water partition coefficient (Wildman–Crippen LogP) is 7.19. The van der Waals surface area contributed by atoms with E-state index >= 15 is 0 Å². The summed E-state index contributed by atoms with van der Waals surface area (Å²) in [6.07, 6.45) is 5.19. The maximum Gasteiger partial charge on any atom is 0.408 e. The Hall–Kier alpha value is -3.35. The fourth-order valence-corrected chi connectivity index (χ4v) is 5.24. The Kier molecular flexibility index (Phi) is 14.1. The van der Waals surface area contributed by atoms with Gasteiger partial charge in [-0.25, -0.2) is 4.79 Å². The van der Waals surface area contributed by atoms with Gasteiger partial charge in [0.2, 0.25) is 11.8 Å². The number of amides is 3. The van der Waals surface area contributed by atoms with Gasteiger partial charge in [0.05, 0.1) is 0 Å². The van der Waals surface area contributed by atoms with Crippen LogP contribution in [0.5, 0.6) is 0 Å². The smallest absolute Gasteiger partial charge is 0.408 e. The van der Waals surface area contributed by atoms with Gasteiger partial charge in [-0.15, -0.1) is 0 Å². The second-order valence-electron chi connectivity index (χ2n) is 12.5. The Morgan fingerprint density at radius 1 is 0.881 bits per heavy atom. The van der Waals surface area contributed by atoms with Crippen LogP contribution in [-0.2, 0) is 20.7 Å². The van der Waals surface area contributed by atoms with E-state index in [9.17, 15) is 14.4 Å². The average molecular weight is 580 g/mol. The number of carbonyl (C=O) groups is 3. The van der Waals surface area contributed by atoms with Crippen LogP contribution in [0.3, 0.4) is 0 Å². The van der Waals surface area contributed by atoms with Crippen molar-refractivity contribution in [2.75, 3.05) is 6.54 Å². The van der Waals surface area contributed by atoms with E-state index in [-0.39, 0.29) is 24.3 Å². The van der Waals surface area contributed by atoms with E-state index in [1.807, 2.05) is 63.2 Å². The summed E-state index contributed by atoms with van der Waals surface area (Å²) in [4.78, 5) is 43.3. The molecule has 0 radical (unpaired) electrons. The number of nitrogens with one attached hydrogen (secondary N) is 2. The van der Waals surface area contributed by atoms with E-state index in [4.69, 9.17) is 4.74 Å². The zero-order chi connectivity index (χ0) is 31.3. The lowest BCUT2D eigenvalue weighted by molar-refractivity contribution is -0.142. The largest absolute Gasteiger partial charge is 0.444 e. The van der Waals surface area contributed by atoms with Gasteiger partial charge < -0.3 is 20.3 Å². The molecule has 0 aromatic heterocycles. The molecule has 3 amide bonds. The van der Waals surface area contributed by atoms with Crippen molar-refractivity contribution in [2.45, 2.75) is 124 Å². The number of hydrogen-bond donors (Lipinski definition) is 2. The van der Waals surface area contributed by atoms with Gasteiger partial charge in [-0.05, 0) is 65.5 Å². The van der Waals surface area contributed by atoms with Crippen LogP contribution in [0.25, 0.3) is 0 Å². The van der Waals surface area contributed by atoms with Crippen molar-refractivity contribution in [2.24, 2.45) is 0 Å². The van der Waals surface area contributed by atoms with Crippen LogP contribution >= 0.6 is 0 Å². The molecule has 0 spiro atoms. The third-order valence-electron chi connectivity index (χ3n) is 7.04. The first-order valence-corrected chi connectivity index (χ1v) is 15.6. The van der Waals surface area contributed by atoms with Crippen molar-refractivity contribution in [1.29, 1.82) is 0 Å². The number of benzene rings is 2. The molecule has 2 N–H and O–H groups in total. The van der Waals surface area contributed by atoms with Gasteiger partial charge in [0, 0.05) is 19.0 Å². The van der Waals surface area contributed by atoms with Crippen molar-refractivity contribution >= 4 is 17.9 Å². The first-order chi connectivity index (χ1) is 19.8. The van der Waals surface area contributed by atoms with Gasteiger partial charge in [-0.1, -0.05) is 99.2 Å². The minimum Gasteiger partial charge on any atom is -0.444 e. The van der Waals surface area contributed by atoms with Crippen LogP contribution in [0.4, 0.5) is 4.79 Å². The van der Waals surface area contributed by atoms with Crippen LogP contribution in [0.1, 0.15) is 108 Å². The molecule has 2 aromatic rings. The van der Waals surface area contributed by atoms with E-state index in [1.54, 1.807) is 25.7 Å². The van der Waals surface area contributed by atoms with E-state index in [0.717, 1.165) is 60.8 Å². The Bertz CT molecular complexity index is 1120. The highest BCUT2D eigenvalue weighted by atomic mass is 16.6. The monoisotopic (exact) mass is 579 g/mol. The highest BCUT2D eigenvalue weighted by Crippen LogP contribution is 2.27. The highest BCUT2D eigenvalue weighted by Gasteiger charge is 2.36. The molecule has 0 aliphatic rings. The van der Waals surface area contributed by atoms with Gasteiger partial charge in [0.25, 0.3) is 0 Å². The lowest BCUT2D eigenvalue weighted by Crippen LogP contribution is -2.54. The van der Waals surface area contributed by atoms with Gasteiger partial charge in [-0.2, -0.15) is 0 Å². The summed E-state index contributed by atoms with van der Waals surface area (Å²) in [6.45, 7) is 16.0. The van der Waals surface area contributed by atoms with E-state index < -0.39 is 23.8 Å². The number of hydrogen-bond acceptors (Lipinski definition) is 4. The number of nitrogens with zero attached hydrogens (tertiary/aromatic N) is 1. The quantitative estimate of drug-likeness (QED) is 0.219. The van der Waals surface area contributed by atoms with Crippen LogP contribution in [0.15, 0.2) is 48.5 Å². The second kappa shape index (κ2) is 16.9. The molecule has 7 heteroatoms. The SMILES string of the molecule is CCCCCCN(C(=O)C(Cc1ccccc1)NC(=O)OC(C)(C)C)C(C(=O)NC(C)CCC)c1cc(C)cc(C)c1. The molecule has 0 saturated carbocycles. The van der Waals surface area contributed by atoms with Crippen LogP contribution in [0, 0.1) is 13.8 Å². The van der Waals surface area contributed by atoms with E-state index in [0.29, 0.717) is 6.54 Å². The summed E-state index contributed by atoms with van der Waals surface area (Å²) in [5.41, 5.74) is 3.00. The molecular weight excluding hydrogens is 526 g/mol. The summed E-state index contributed by atoms with van der Waals surface area (Å²) in [5, 5.41) is 6.02. The molecule has 0 bridgehead atoms. The molecular formula is C35H53N3O4. The fraction of sp³-hybridized carbons (Fsp3) is 0.571. The van der Waals surface area contributed by atoms with E-state index in [2.05, 4.69) is 30.5 Å². The third kappa shape index (κ3) is 11.9. The van der Waals surface area contributed by atoms with Gasteiger partial charge in [0.15, 0.2) is 0 Å². The van der Waals surface area contributed by atoms with Crippen molar-refractivity contribution in [3.05, 3.63) is 70.8 Å². The molecule has 2 aromatic carbocycles. The molecule has 42 heavy (non-hydrogen) atoms. The topological polar surface area (TPSA) is 87.7 Å². The first kappa shape index (κ1) is 34.8. The van der Waals surface area contributed by atoms with Crippen molar-refractivity contribution in [1.82, 2.24) is 15.5 Å². The molecule has 2 rings (SSSR count). The molecule has 3 atom stereocenters. The lowest BCUT2D eigenvalue weighted by Gasteiger charge is -2.35. The summed E-state index contributed by atoms with van der Waals surface area (Å²) >= 11 is 0. The van der Waals surface area contributed by atoms with Crippen molar-refractivity contribution in [3.8, 4) is 0 Å². The van der Waals surface area contributed by atoms with E-state index in [1.165, 1.54) is 0 Å². The second-order valence-corrected chi connectivity index (χ2v) is 12.5. The Labute approximate surface area is 253 Å². The Balaban J connectivity index is 2.60. The highest BCUT2D eigenvalue weighted by molar-refractivity contribution is 5.92. The Morgan fingerprint density at radius 3 is 2.10 bits per heavy atom. The molecule has 7 nitrogen and oxygen atoms in total. The summed E-state index contributed by atoms with van der Waals surface area (Å²) < 4.78 is 5.55. The summed E-state index contributed by atoms with van der Waals surface area (Å²) in [7, 11) is 0. The fourth-order valence-electron chi connectivity index (χ4n) is 5.24. The number of carbonyl (C=O) groups excluding carboxylic acids is 3. The van der Waals surface area contributed by atoms with Gasteiger partial charge in [-0.3, -0.25) is 9.59 Å². The lowest BCUT2D eigenvalue weighted by atomic mass is 9.96. The zero-order valence-electron chi connectivity index (χ0n) is 27.1.